The molecule has 1 aliphatic rings. The van der Waals surface area contributed by atoms with Crippen molar-refractivity contribution in [1.29, 1.82) is 0 Å². The number of rotatable bonds is 2. The predicted molar refractivity (Wildman–Crippen MR) is 97.2 cm³/mol. The second-order valence-electron chi connectivity index (χ2n) is 6.79. The zero-order valence-corrected chi connectivity index (χ0v) is 14.2. The lowest BCUT2D eigenvalue weighted by molar-refractivity contribution is 0.0730. The molecule has 0 spiro atoms. The van der Waals surface area contributed by atoms with E-state index in [2.05, 4.69) is 43.1 Å². The van der Waals surface area contributed by atoms with Gasteiger partial charge in [-0.3, -0.25) is 4.79 Å². The quantitative estimate of drug-likeness (QED) is 0.726. The van der Waals surface area contributed by atoms with Crippen molar-refractivity contribution in [2.24, 2.45) is 0 Å². The van der Waals surface area contributed by atoms with Crippen LogP contribution < -0.4 is 0 Å². The molecule has 4 rings (SSSR count). The number of hydrogen-bond donors (Lipinski definition) is 1. The first-order valence-electron chi connectivity index (χ1n) is 8.59. The Morgan fingerprint density at radius 2 is 1.92 bits per heavy atom. The highest BCUT2D eigenvalue weighted by molar-refractivity contribution is 5.99. The molecule has 1 fully saturated rings. The van der Waals surface area contributed by atoms with E-state index in [-0.39, 0.29) is 11.9 Å². The van der Waals surface area contributed by atoms with Crippen LogP contribution in [0, 0.1) is 13.8 Å². The van der Waals surface area contributed by atoms with E-state index in [0.29, 0.717) is 5.69 Å². The van der Waals surface area contributed by atoms with Crippen molar-refractivity contribution in [3.05, 3.63) is 70.9 Å². The van der Waals surface area contributed by atoms with Crippen LogP contribution in [0.1, 0.15) is 46.1 Å². The van der Waals surface area contributed by atoms with Crippen molar-refractivity contribution in [2.45, 2.75) is 32.7 Å². The zero-order valence-electron chi connectivity index (χ0n) is 14.2. The summed E-state index contributed by atoms with van der Waals surface area (Å²) >= 11 is 0. The van der Waals surface area contributed by atoms with Crippen LogP contribution >= 0.6 is 0 Å². The third-order valence-electron chi connectivity index (χ3n) is 5.02. The molecule has 1 N–H and O–H groups in total. The molecule has 3 nitrogen and oxygen atoms in total. The van der Waals surface area contributed by atoms with Crippen LogP contribution in [0.15, 0.2) is 48.5 Å². The average Bonchev–Trinajstić information content (AvgIpc) is 3.22. The van der Waals surface area contributed by atoms with Crippen LogP contribution in [0.5, 0.6) is 0 Å². The summed E-state index contributed by atoms with van der Waals surface area (Å²) in [5, 5.41) is 1.14. The molecule has 24 heavy (non-hydrogen) atoms. The van der Waals surface area contributed by atoms with E-state index in [1.807, 2.05) is 29.2 Å². The van der Waals surface area contributed by atoms with Crippen LogP contribution in [0.25, 0.3) is 10.9 Å². The lowest BCUT2D eigenvalue weighted by Crippen LogP contribution is -2.30. The summed E-state index contributed by atoms with van der Waals surface area (Å²) < 4.78 is 0. The van der Waals surface area contributed by atoms with Crippen molar-refractivity contribution in [3.63, 3.8) is 0 Å². The third kappa shape index (κ3) is 2.50. The van der Waals surface area contributed by atoms with Crippen LogP contribution in [-0.2, 0) is 0 Å². The predicted octanol–water partition coefficient (Wildman–Crippen LogP) is 4.76. The number of likely N-dealkylation sites (tertiary alicyclic amines) is 1. The van der Waals surface area contributed by atoms with Crippen LogP contribution in [0.2, 0.25) is 0 Å². The van der Waals surface area contributed by atoms with Crippen LogP contribution in [-0.4, -0.2) is 22.3 Å². The first-order valence-corrected chi connectivity index (χ1v) is 8.59. The van der Waals surface area contributed by atoms with Gasteiger partial charge >= 0.3 is 0 Å². The summed E-state index contributed by atoms with van der Waals surface area (Å²) in [6.45, 7) is 5.01. The van der Waals surface area contributed by atoms with Gasteiger partial charge in [0.25, 0.3) is 5.91 Å². The topological polar surface area (TPSA) is 36.1 Å². The number of nitrogens with one attached hydrogen (secondary N) is 1. The minimum Gasteiger partial charge on any atom is -0.351 e. The number of aryl methyl sites for hydroxylation is 2. The maximum Gasteiger partial charge on any atom is 0.270 e. The first kappa shape index (κ1) is 15.0. The molecule has 2 heterocycles. The van der Waals surface area contributed by atoms with Gasteiger partial charge in [-0.2, -0.15) is 0 Å². The number of hydrogen-bond acceptors (Lipinski definition) is 1. The number of carbonyl (C=O) groups is 1. The second-order valence-corrected chi connectivity index (χ2v) is 6.79. The van der Waals surface area contributed by atoms with Crippen molar-refractivity contribution >= 4 is 16.8 Å². The molecule has 1 saturated heterocycles. The smallest absolute Gasteiger partial charge is 0.270 e. The molecule has 0 saturated carbocycles. The van der Waals surface area contributed by atoms with E-state index in [0.717, 1.165) is 30.3 Å². The van der Waals surface area contributed by atoms with Gasteiger partial charge in [0.1, 0.15) is 5.69 Å². The minimum absolute atomic E-state index is 0.106. The fourth-order valence-electron chi connectivity index (χ4n) is 3.90. The van der Waals surface area contributed by atoms with Crippen molar-refractivity contribution < 1.29 is 4.79 Å². The summed E-state index contributed by atoms with van der Waals surface area (Å²) in [6, 6.07) is 16.8. The summed E-state index contributed by atoms with van der Waals surface area (Å²) in [5.41, 5.74) is 5.39. The lowest BCUT2D eigenvalue weighted by Gasteiger charge is -2.24. The highest BCUT2D eigenvalue weighted by Gasteiger charge is 2.31. The molecule has 1 aliphatic heterocycles. The molecular formula is C21H22N2O. The number of nitrogens with zero attached hydrogens (tertiary/aromatic N) is 1. The fraction of sp³-hybridized carbons (Fsp3) is 0.286. The summed E-state index contributed by atoms with van der Waals surface area (Å²) in [5.74, 6) is 0.106. The Kier molecular flexibility index (Phi) is 3.64. The van der Waals surface area contributed by atoms with E-state index in [1.54, 1.807) is 0 Å². The van der Waals surface area contributed by atoms with Gasteiger partial charge in [-0.05, 0) is 55.5 Å². The van der Waals surface area contributed by atoms with Gasteiger partial charge in [0, 0.05) is 17.4 Å². The largest absolute Gasteiger partial charge is 0.351 e. The Morgan fingerprint density at radius 1 is 1.12 bits per heavy atom. The maximum atomic E-state index is 13.1. The number of amides is 1. The molecule has 0 aliphatic carbocycles. The van der Waals surface area contributed by atoms with Crippen LogP contribution in [0.4, 0.5) is 0 Å². The molecule has 1 unspecified atom stereocenters. The highest BCUT2D eigenvalue weighted by atomic mass is 16.2. The highest BCUT2D eigenvalue weighted by Crippen LogP contribution is 2.33. The molecule has 3 aromatic rings. The molecule has 2 aromatic carbocycles. The first-order chi connectivity index (χ1) is 11.6. The number of aromatic amines is 1. The molecule has 1 amide bonds. The standard InChI is InChI=1S/C21H22N2O/c1-14-11-15(2)17-13-19(22-18(17)12-14)21(24)23-10-6-9-20(23)16-7-4-3-5-8-16/h3-5,7-8,11-13,20,22H,6,9-10H2,1-2H3. The number of benzene rings is 2. The third-order valence-corrected chi connectivity index (χ3v) is 5.02. The number of aromatic nitrogens is 1. The SMILES string of the molecule is Cc1cc(C)c2cc(C(=O)N3CCCC3c3ccccc3)[nH]c2c1. The molecular weight excluding hydrogens is 296 g/mol. The number of H-pyrrole nitrogens is 1. The summed E-state index contributed by atoms with van der Waals surface area (Å²) in [6.07, 6.45) is 2.10. The Labute approximate surface area is 142 Å². The second kappa shape index (κ2) is 5.82. The fourth-order valence-corrected chi connectivity index (χ4v) is 3.90. The van der Waals surface area contributed by atoms with Gasteiger partial charge in [0.05, 0.1) is 6.04 Å². The molecule has 3 heteroatoms. The Bertz CT molecular complexity index is 895. The van der Waals surface area contributed by atoms with E-state index >= 15 is 0 Å². The van der Waals surface area contributed by atoms with Gasteiger partial charge in [0.2, 0.25) is 0 Å². The molecule has 122 valence electrons. The van der Waals surface area contributed by atoms with E-state index in [9.17, 15) is 4.79 Å². The van der Waals surface area contributed by atoms with Gasteiger partial charge in [-0.15, -0.1) is 0 Å². The lowest BCUT2D eigenvalue weighted by atomic mass is 10.0. The summed E-state index contributed by atoms with van der Waals surface area (Å²) in [7, 11) is 0. The van der Waals surface area contributed by atoms with Gasteiger partial charge in [-0.1, -0.05) is 36.4 Å². The van der Waals surface area contributed by atoms with Crippen molar-refractivity contribution in [1.82, 2.24) is 9.88 Å². The van der Waals surface area contributed by atoms with Crippen LogP contribution in [0.3, 0.4) is 0 Å². The van der Waals surface area contributed by atoms with Crippen molar-refractivity contribution in [2.75, 3.05) is 6.54 Å². The van der Waals surface area contributed by atoms with E-state index < -0.39 is 0 Å². The molecule has 1 aromatic heterocycles. The van der Waals surface area contributed by atoms with Crippen molar-refractivity contribution in [3.8, 4) is 0 Å². The maximum absolute atomic E-state index is 13.1. The Hall–Kier alpha value is -2.55. The monoisotopic (exact) mass is 318 g/mol. The minimum atomic E-state index is 0.106. The Morgan fingerprint density at radius 3 is 2.71 bits per heavy atom. The molecule has 1 atom stereocenters. The van der Waals surface area contributed by atoms with Gasteiger partial charge < -0.3 is 9.88 Å². The van der Waals surface area contributed by atoms with Gasteiger partial charge in [-0.25, -0.2) is 0 Å². The average molecular weight is 318 g/mol. The summed E-state index contributed by atoms with van der Waals surface area (Å²) in [4.78, 5) is 18.4. The van der Waals surface area contributed by atoms with E-state index in [1.165, 1.54) is 16.7 Å². The van der Waals surface area contributed by atoms with E-state index in [4.69, 9.17) is 0 Å². The zero-order chi connectivity index (χ0) is 16.7. The number of fused-ring (bicyclic) bond motifs is 1. The Balaban J connectivity index is 1.69. The number of carbonyl (C=O) groups excluding carboxylic acids is 1. The molecule has 0 bridgehead atoms. The molecule has 0 radical (unpaired) electrons. The van der Waals surface area contributed by atoms with Gasteiger partial charge in [0.15, 0.2) is 0 Å². The normalized spacial score (nSPS) is 17.6.